The molecule has 27 heavy (non-hydrogen) atoms. The fourth-order valence-electron chi connectivity index (χ4n) is 3.24. The van der Waals surface area contributed by atoms with Crippen LogP contribution in [0.5, 0.6) is 5.75 Å². The van der Waals surface area contributed by atoms with Gasteiger partial charge >= 0.3 is 0 Å². The molecule has 8 heteroatoms. The summed E-state index contributed by atoms with van der Waals surface area (Å²) in [6, 6.07) is 11.3. The Kier molecular flexibility index (Phi) is 4.93. The normalized spacial score (nSPS) is 16.7. The molecule has 0 amide bonds. The molecule has 0 spiro atoms. The molecule has 1 aromatic carbocycles. The molecule has 3 heterocycles. The van der Waals surface area contributed by atoms with E-state index >= 15 is 0 Å². The van der Waals surface area contributed by atoms with Crippen LogP contribution in [0.1, 0.15) is 17.8 Å². The van der Waals surface area contributed by atoms with Gasteiger partial charge in [0.05, 0.1) is 22.3 Å². The number of nitrogens with zero attached hydrogens (tertiary/aromatic N) is 5. The maximum absolute atomic E-state index is 6.05. The fourth-order valence-corrected chi connectivity index (χ4v) is 3.52. The van der Waals surface area contributed by atoms with Gasteiger partial charge in [0, 0.05) is 24.7 Å². The maximum Gasteiger partial charge on any atom is 0.176 e. The van der Waals surface area contributed by atoms with Crippen LogP contribution in [0.15, 0.2) is 36.4 Å². The predicted octanol–water partition coefficient (Wildman–Crippen LogP) is 4.24. The quantitative estimate of drug-likeness (QED) is 0.651. The number of aromatic nitrogens is 4. The van der Waals surface area contributed by atoms with Crippen molar-refractivity contribution in [2.75, 3.05) is 18.0 Å². The molecule has 0 bridgehead atoms. The van der Waals surface area contributed by atoms with Gasteiger partial charge in [0.25, 0.3) is 0 Å². The van der Waals surface area contributed by atoms with Gasteiger partial charge in [0.15, 0.2) is 11.6 Å². The number of aryl methyl sites for hydroxylation is 2. The fraction of sp³-hybridized carbons (Fsp3) is 0.316. The average molecular weight is 404 g/mol. The molecule has 1 saturated heterocycles. The van der Waals surface area contributed by atoms with E-state index < -0.39 is 0 Å². The molecular formula is C19H19Cl2N5O. The van der Waals surface area contributed by atoms with Gasteiger partial charge in [-0.05, 0) is 44.2 Å². The first kappa shape index (κ1) is 18.1. The highest BCUT2D eigenvalue weighted by atomic mass is 35.5. The van der Waals surface area contributed by atoms with Crippen LogP contribution in [-0.4, -0.2) is 39.2 Å². The van der Waals surface area contributed by atoms with E-state index in [1.54, 1.807) is 16.8 Å². The molecule has 140 valence electrons. The Morgan fingerprint density at radius 1 is 1.00 bits per heavy atom. The van der Waals surface area contributed by atoms with E-state index in [1.165, 1.54) is 0 Å². The number of hydrogen-bond donors (Lipinski definition) is 0. The van der Waals surface area contributed by atoms with Crippen molar-refractivity contribution in [2.45, 2.75) is 26.4 Å². The highest BCUT2D eigenvalue weighted by molar-refractivity contribution is 6.42. The van der Waals surface area contributed by atoms with E-state index in [9.17, 15) is 0 Å². The maximum atomic E-state index is 6.05. The summed E-state index contributed by atoms with van der Waals surface area (Å²) in [4.78, 5) is 2.17. The zero-order chi connectivity index (χ0) is 19.0. The van der Waals surface area contributed by atoms with Crippen molar-refractivity contribution in [1.82, 2.24) is 20.0 Å². The van der Waals surface area contributed by atoms with E-state index in [0.717, 1.165) is 42.5 Å². The third-order valence-electron chi connectivity index (χ3n) is 4.53. The molecule has 0 saturated carbocycles. The Hall–Kier alpha value is -2.31. The van der Waals surface area contributed by atoms with Crippen molar-refractivity contribution in [3.05, 3.63) is 57.8 Å². The van der Waals surface area contributed by atoms with Crippen LogP contribution in [0.25, 0.3) is 5.82 Å². The minimum Gasteiger partial charge on any atom is -0.488 e. The molecule has 3 aromatic rings. The van der Waals surface area contributed by atoms with Crippen molar-refractivity contribution in [3.63, 3.8) is 0 Å². The molecule has 0 radical (unpaired) electrons. The number of halogens is 2. The van der Waals surface area contributed by atoms with Gasteiger partial charge in [0.1, 0.15) is 11.9 Å². The monoisotopic (exact) mass is 403 g/mol. The lowest BCUT2D eigenvalue weighted by Gasteiger charge is -2.18. The molecular weight excluding hydrogens is 385 g/mol. The van der Waals surface area contributed by atoms with Gasteiger partial charge in [-0.25, -0.2) is 4.68 Å². The molecule has 0 aliphatic carbocycles. The van der Waals surface area contributed by atoms with Gasteiger partial charge in [-0.2, -0.15) is 5.10 Å². The van der Waals surface area contributed by atoms with Crippen molar-refractivity contribution in [2.24, 2.45) is 0 Å². The van der Waals surface area contributed by atoms with E-state index in [2.05, 4.69) is 20.2 Å². The Morgan fingerprint density at radius 3 is 2.44 bits per heavy atom. The van der Waals surface area contributed by atoms with Crippen LogP contribution in [-0.2, 0) is 0 Å². The molecule has 0 N–H and O–H groups in total. The highest BCUT2D eigenvalue weighted by Crippen LogP contribution is 2.28. The van der Waals surface area contributed by atoms with E-state index in [0.29, 0.717) is 15.9 Å². The second-order valence-electron chi connectivity index (χ2n) is 6.64. The summed E-state index contributed by atoms with van der Waals surface area (Å²) < 4.78 is 7.83. The number of anilines is 1. The van der Waals surface area contributed by atoms with Crippen LogP contribution in [0, 0.1) is 13.8 Å². The van der Waals surface area contributed by atoms with E-state index in [-0.39, 0.29) is 6.10 Å². The van der Waals surface area contributed by atoms with Gasteiger partial charge in [-0.3, -0.25) is 0 Å². The Bertz CT molecular complexity index is 957. The van der Waals surface area contributed by atoms with Crippen LogP contribution in [0.2, 0.25) is 10.0 Å². The Morgan fingerprint density at radius 2 is 1.78 bits per heavy atom. The summed E-state index contributed by atoms with van der Waals surface area (Å²) in [5.74, 6) is 2.27. The van der Waals surface area contributed by atoms with Gasteiger partial charge in [0.2, 0.25) is 0 Å². The summed E-state index contributed by atoms with van der Waals surface area (Å²) in [6.45, 7) is 5.57. The number of ether oxygens (including phenoxy) is 1. The highest BCUT2D eigenvalue weighted by Gasteiger charge is 2.25. The minimum absolute atomic E-state index is 0.0692. The van der Waals surface area contributed by atoms with E-state index in [4.69, 9.17) is 27.9 Å². The Labute approximate surface area is 167 Å². The topological polar surface area (TPSA) is 56.1 Å². The molecule has 4 rings (SSSR count). The molecule has 1 unspecified atom stereocenters. The summed E-state index contributed by atoms with van der Waals surface area (Å²) in [6.07, 6.45) is 0.973. The molecule has 1 fully saturated rings. The number of hydrogen-bond acceptors (Lipinski definition) is 5. The zero-order valence-corrected chi connectivity index (χ0v) is 16.6. The standard InChI is InChI=1S/C19H19Cl2N5O/c1-12-9-13(2)26(24-12)19-6-5-18(22-23-19)25-8-7-15(11-25)27-14-3-4-16(20)17(21)10-14/h3-6,9-10,15H,7-8,11H2,1-2H3. The third kappa shape index (κ3) is 3.87. The zero-order valence-electron chi connectivity index (χ0n) is 15.1. The summed E-state index contributed by atoms with van der Waals surface area (Å²) in [7, 11) is 0. The minimum atomic E-state index is 0.0692. The van der Waals surface area contributed by atoms with Gasteiger partial charge in [-0.1, -0.05) is 23.2 Å². The largest absolute Gasteiger partial charge is 0.488 e. The van der Waals surface area contributed by atoms with Crippen LogP contribution in [0.4, 0.5) is 5.82 Å². The second kappa shape index (κ2) is 7.37. The van der Waals surface area contributed by atoms with Crippen molar-refractivity contribution >= 4 is 29.0 Å². The SMILES string of the molecule is Cc1cc(C)n(-c2ccc(N3CCC(Oc4ccc(Cl)c(Cl)c4)C3)nn2)n1. The number of benzene rings is 1. The first-order valence-corrected chi connectivity index (χ1v) is 9.49. The third-order valence-corrected chi connectivity index (χ3v) is 5.26. The lowest BCUT2D eigenvalue weighted by atomic mass is 10.3. The molecule has 1 atom stereocenters. The molecule has 1 aliphatic rings. The average Bonchev–Trinajstić information content (AvgIpc) is 3.24. The van der Waals surface area contributed by atoms with Crippen molar-refractivity contribution in [1.29, 1.82) is 0 Å². The van der Waals surface area contributed by atoms with Gasteiger partial charge in [-0.15, -0.1) is 10.2 Å². The smallest absolute Gasteiger partial charge is 0.176 e. The van der Waals surface area contributed by atoms with Crippen molar-refractivity contribution in [3.8, 4) is 11.6 Å². The van der Waals surface area contributed by atoms with Crippen LogP contribution < -0.4 is 9.64 Å². The van der Waals surface area contributed by atoms with Crippen LogP contribution >= 0.6 is 23.2 Å². The first-order chi connectivity index (χ1) is 13.0. The predicted molar refractivity (Wildman–Crippen MR) is 106 cm³/mol. The molecule has 6 nitrogen and oxygen atoms in total. The summed E-state index contributed by atoms with van der Waals surface area (Å²) in [5, 5.41) is 14.2. The molecule has 1 aliphatic heterocycles. The van der Waals surface area contributed by atoms with Crippen molar-refractivity contribution < 1.29 is 4.74 Å². The summed E-state index contributed by atoms with van der Waals surface area (Å²) in [5.41, 5.74) is 1.99. The Balaban J connectivity index is 1.42. The summed E-state index contributed by atoms with van der Waals surface area (Å²) >= 11 is 12.0. The second-order valence-corrected chi connectivity index (χ2v) is 7.45. The number of rotatable bonds is 4. The van der Waals surface area contributed by atoms with E-state index in [1.807, 2.05) is 38.1 Å². The lowest BCUT2D eigenvalue weighted by Crippen LogP contribution is -2.25. The lowest BCUT2D eigenvalue weighted by molar-refractivity contribution is 0.225. The van der Waals surface area contributed by atoms with Gasteiger partial charge < -0.3 is 9.64 Å². The van der Waals surface area contributed by atoms with Crippen LogP contribution in [0.3, 0.4) is 0 Å². The molecule has 2 aromatic heterocycles. The first-order valence-electron chi connectivity index (χ1n) is 8.73.